The van der Waals surface area contributed by atoms with Gasteiger partial charge in [-0.25, -0.2) is 4.98 Å². The molecule has 2 N–H and O–H groups in total. The monoisotopic (exact) mass is 262 g/mol. The van der Waals surface area contributed by atoms with E-state index in [0.717, 1.165) is 18.9 Å². The Hall–Kier alpha value is -0.870. The molecular weight excluding hydrogens is 236 g/mol. The van der Waals surface area contributed by atoms with E-state index in [1.807, 2.05) is 6.33 Å². The van der Waals surface area contributed by atoms with Crippen molar-refractivity contribution in [1.82, 2.24) is 14.5 Å². The van der Waals surface area contributed by atoms with Gasteiger partial charge in [-0.1, -0.05) is 19.3 Å². The highest BCUT2D eigenvalue weighted by Crippen LogP contribution is 2.42. The minimum absolute atomic E-state index is 0.453. The molecule has 0 saturated heterocycles. The van der Waals surface area contributed by atoms with Gasteiger partial charge < -0.3 is 10.3 Å². The molecule has 106 valence electrons. The van der Waals surface area contributed by atoms with Crippen LogP contribution in [0.2, 0.25) is 0 Å². The van der Waals surface area contributed by atoms with Gasteiger partial charge >= 0.3 is 0 Å². The first kappa shape index (κ1) is 13.1. The predicted molar refractivity (Wildman–Crippen MR) is 76.8 cm³/mol. The van der Waals surface area contributed by atoms with Crippen molar-refractivity contribution in [2.24, 2.45) is 18.7 Å². The molecule has 1 aliphatic heterocycles. The number of nitrogens with zero attached hydrogens (tertiary/aromatic N) is 3. The third-order valence-electron chi connectivity index (χ3n) is 5.15. The van der Waals surface area contributed by atoms with Crippen molar-refractivity contribution >= 4 is 0 Å². The van der Waals surface area contributed by atoms with E-state index in [2.05, 4.69) is 28.5 Å². The molecule has 0 bridgehead atoms. The molecule has 0 aromatic carbocycles. The topological polar surface area (TPSA) is 47.1 Å². The Morgan fingerprint density at radius 2 is 2.00 bits per heavy atom. The molecule has 2 unspecified atom stereocenters. The molecule has 4 heteroatoms. The van der Waals surface area contributed by atoms with Crippen LogP contribution >= 0.6 is 0 Å². The van der Waals surface area contributed by atoms with Gasteiger partial charge in [-0.2, -0.15) is 0 Å². The number of aryl methyl sites for hydroxylation is 1. The van der Waals surface area contributed by atoms with Crippen molar-refractivity contribution < 1.29 is 0 Å². The first-order valence-electron chi connectivity index (χ1n) is 7.64. The van der Waals surface area contributed by atoms with Crippen molar-refractivity contribution in [2.45, 2.75) is 50.6 Å². The van der Waals surface area contributed by atoms with Crippen LogP contribution in [0.5, 0.6) is 0 Å². The molecule has 2 heterocycles. The lowest BCUT2D eigenvalue weighted by Crippen LogP contribution is -2.48. The van der Waals surface area contributed by atoms with Gasteiger partial charge in [-0.05, 0) is 25.8 Å². The van der Waals surface area contributed by atoms with Crippen molar-refractivity contribution in [1.29, 1.82) is 0 Å². The van der Waals surface area contributed by atoms with Crippen LogP contribution in [0, 0.1) is 5.92 Å². The van der Waals surface area contributed by atoms with Crippen LogP contribution in [-0.2, 0) is 13.5 Å². The number of rotatable bonds is 2. The average molecular weight is 262 g/mol. The van der Waals surface area contributed by atoms with Gasteiger partial charge in [0.15, 0.2) is 0 Å². The maximum Gasteiger partial charge on any atom is 0.0949 e. The minimum atomic E-state index is 0.453. The highest BCUT2D eigenvalue weighted by molar-refractivity contribution is 5.23. The summed E-state index contributed by atoms with van der Waals surface area (Å²) in [5.41, 5.74) is 8.70. The molecule has 1 aromatic rings. The van der Waals surface area contributed by atoms with Crippen molar-refractivity contribution in [2.75, 3.05) is 13.6 Å². The van der Waals surface area contributed by atoms with E-state index in [1.165, 1.54) is 43.5 Å². The van der Waals surface area contributed by atoms with Gasteiger partial charge in [0.2, 0.25) is 0 Å². The SMILES string of the molecule is CN1C(CN)Cc2ncn(C)c2C1C1CCCCC1. The first-order valence-corrected chi connectivity index (χ1v) is 7.64. The lowest BCUT2D eigenvalue weighted by molar-refractivity contribution is 0.0849. The Balaban J connectivity index is 1.96. The Morgan fingerprint density at radius 3 is 2.68 bits per heavy atom. The van der Waals surface area contributed by atoms with Crippen molar-refractivity contribution in [3.05, 3.63) is 17.7 Å². The summed E-state index contributed by atoms with van der Waals surface area (Å²) in [5.74, 6) is 0.780. The number of hydrogen-bond donors (Lipinski definition) is 1. The van der Waals surface area contributed by atoms with Gasteiger partial charge in [0.25, 0.3) is 0 Å². The van der Waals surface area contributed by atoms with Gasteiger partial charge in [-0.3, -0.25) is 4.90 Å². The Bertz CT molecular complexity index is 433. The molecule has 0 amide bonds. The fourth-order valence-corrected chi connectivity index (χ4v) is 4.07. The second-order valence-corrected chi connectivity index (χ2v) is 6.29. The molecular formula is C15H26N4. The van der Waals surface area contributed by atoms with Crippen LogP contribution in [0.3, 0.4) is 0 Å². The molecule has 4 nitrogen and oxygen atoms in total. The molecule has 19 heavy (non-hydrogen) atoms. The third kappa shape index (κ3) is 2.21. The standard InChI is InChI=1S/C15H26N4/c1-18-10-17-13-8-12(9-16)19(2)14(15(13)18)11-6-4-3-5-7-11/h10-12,14H,3-9,16H2,1-2H3. The fourth-order valence-electron chi connectivity index (χ4n) is 4.07. The van der Waals surface area contributed by atoms with E-state index in [0.29, 0.717) is 12.1 Å². The molecule has 1 fully saturated rings. The number of likely N-dealkylation sites (N-methyl/N-ethyl adjacent to an activating group) is 1. The predicted octanol–water partition coefficient (Wildman–Crippen LogP) is 1.86. The zero-order chi connectivity index (χ0) is 13.4. The van der Waals surface area contributed by atoms with Crippen molar-refractivity contribution in [3.8, 4) is 0 Å². The van der Waals surface area contributed by atoms with E-state index in [1.54, 1.807) is 0 Å². The lowest BCUT2D eigenvalue weighted by Gasteiger charge is -2.44. The van der Waals surface area contributed by atoms with Gasteiger partial charge in [0.05, 0.1) is 23.8 Å². The van der Waals surface area contributed by atoms with Gasteiger partial charge in [-0.15, -0.1) is 0 Å². The largest absolute Gasteiger partial charge is 0.336 e. The minimum Gasteiger partial charge on any atom is -0.336 e. The van der Waals surface area contributed by atoms with E-state index >= 15 is 0 Å². The first-order chi connectivity index (χ1) is 9.22. The molecule has 1 saturated carbocycles. The molecule has 1 aromatic heterocycles. The van der Waals surface area contributed by atoms with Crippen LogP contribution in [0.1, 0.15) is 49.5 Å². The summed E-state index contributed by atoms with van der Waals surface area (Å²) in [5, 5.41) is 0. The zero-order valence-electron chi connectivity index (χ0n) is 12.2. The number of aromatic nitrogens is 2. The second kappa shape index (κ2) is 5.25. The van der Waals surface area contributed by atoms with Crippen molar-refractivity contribution in [3.63, 3.8) is 0 Å². The summed E-state index contributed by atoms with van der Waals surface area (Å²) < 4.78 is 2.23. The highest BCUT2D eigenvalue weighted by atomic mass is 15.2. The normalized spacial score (nSPS) is 29.4. The number of hydrogen-bond acceptors (Lipinski definition) is 3. The smallest absolute Gasteiger partial charge is 0.0949 e. The van der Waals surface area contributed by atoms with Gasteiger partial charge in [0.1, 0.15) is 0 Å². The van der Waals surface area contributed by atoms with E-state index in [9.17, 15) is 0 Å². The van der Waals surface area contributed by atoms with E-state index < -0.39 is 0 Å². The number of nitrogens with two attached hydrogens (primary N) is 1. The highest BCUT2D eigenvalue weighted by Gasteiger charge is 2.38. The van der Waals surface area contributed by atoms with Crippen LogP contribution < -0.4 is 5.73 Å². The molecule has 2 aliphatic rings. The Morgan fingerprint density at radius 1 is 1.26 bits per heavy atom. The second-order valence-electron chi connectivity index (χ2n) is 6.29. The van der Waals surface area contributed by atoms with Crippen LogP contribution in [0.4, 0.5) is 0 Å². The van der Waals surface area contributed by atoms with Crippen LogP contribution in [-0.4, -0.2) is 34.1 Å². The summed E-state index contributed by atoms with van der Waals surface area (Å²) in [6.45, 7) is 0.732. The Labute approximate surface area is 116 Å². The van der Waals surface area contributed by atoms with Gasteiger partial charge in [0, 0.05) is 26.1 Å². The van der Waals surface area contributed by atoms with Crippen LogP contribution in [0.25, 0.3) is 0 Å². The number of fused-ring (bicyclic) bond motifs is 1. The molecule has 2 atom stereocenters. The maximum atomic E-state index is 5.97. The Kier molecular flexibility index (Phi) is 3.63. The molecule has 0 radical (unpaired) electrons. The lowest BCUT2D eigenvalue weighted by atomic mass is 9.79. The summed E-state index contributed by atoms with van der Waals surface area (Å²) >= 11 is 0. The van der Waals surface area contributed by atoms with E-state index in [4.69, 9.17) is 5.73 Å². The van der Waals surface area contributed by atoms with Crippen LogP contribution in [0.15, 0.2) is 6.33 Å². The zero-order valence-corrected chi connectivity index (χ0v) is 12.2. The average Bonchev–Trinajstić information content (AvgIpc) is 2.80. The third-order valence-corrected chi connectivity index (χ3v) is 5.15. The number of imidazole rings is 1. The summed E-state index contributed by atoms with van der Waals surface area (Å²) in [6.07, 6.45) is 9.88. The molecule has 1 aliphatic carbocycles. The quantitative estimate of drug-likeness (QED) is 0.885. The summed E-state index contributed by atoms with van der Waals surface area (Å²) in [7, 11) is 4.39. The summed E-state index contributed by atoms with van der Waals surface area (Å²) in [6, 6.07) is 0.972. The fraction of sp³-hybridized carbons (Fsp3) is 0.800. The summed E-state index contributed by atoms with van der Waals surface area (Å²) in [4.78, 5) is 7.14. The molecule has 3 rings (SSSR count). The molecule has 0 spiro atoms. The maximum absolute atomic E-state index is 5.97. The van der Waals surface area contributed by atoms with E-state index in [-0.39, 0.29) is 0 Å².